The summed E-state index contributed by atoms with van der Waals surface area (Å²) < 4.78 is 4.75. The molecule has 0 bridgehead atoms. The molecule has 0 aromatic carbocycles. The average Bonchev–Trinajstić information content (AvgIpc) is 2.59. The second-order valence-electron chi connectivity index (χ2n) is 3.32. The van der Waals surface area contributed by atoms with Gasteiger partial charge in [-0.05, 0) is 12.2 Å². The summed E-state index contributed by atoms with van der Waals surface area (Å²) in [4.78, 5) is 4.05. The molecule has 1 aliphatic rings. The molecule has 4 nitrogen and oxygen atoms in total. The van der Waals surface area contributed by atoms with Crippen molar-refractivity contribution in [1.29, 1.82) is 0 Å². The summed E-state index contributed by atoms with van der Waals surface area (Å²) in [7, 11) is 0. The highest BCUT2D eigenvalue weighted by molar-refractivity contribution is 7.99. The lowest BCUT2D eigenvalue weighted by atomic mass is 9.90. The molecule has 1 saturated heterocycles. The molecule has 2 N–H and O–H groups in total. The topological polar surface area (TPSA) is 64.9 Å². The second-order valence-corrected chi connectivity index (χ2v) is 4.42. The zero-order chi connectivity index (χ0) is 8.60. The summed E-state index contributed by atoms with van der Waals surface area (Å²) in [5.41, 5.74) is 5.43. The van der Waals surface area contributed by atoms with Crippen LogP contribution in [0.4, 0.5) is 6.01 Å². The van der Waals surface area contributed by atoms with Crippen molar-refractivity contribution in [3.63, 3.8) is 0 Å². The zero-order valence-corrected chi connectivity index (χ0v) is 7.73. The average molecular weight is 185 g/mol. The molecule has 0 saturated carbocycles. The van der Waals surface area contributed by atoms with Crippen LogP contribution in [0.5, 0.6) is 0 Å². The summed E-state index contributed by atoms with van der Waals surface area (Å²) >= 11 is 1.92. The molecule has 1 atom stereocenters. The lowest BCUT2D eigenvalue weighted by Gasteiger charge is -2.16. The van der Waals surface area contributed by atoms with Gasteiger partial charge in [-0.2, -0.15) is 16.7 Å². The number of hydrogen-bond acceptors (Lipinski definition) is 5. The van der Waals surface area contributed by atoms with Gasteiger partial charge in [0.2, 0.25) is 0 Å². The number of aromatic nitrogens is 2. The third-order valence-corrected chi connectivity index (χ3v) is 3.53. The van der Waals surface area contributed by atoms with Crippen LogP contribution in [0.25, 0.3) is 0 Å². The lowest BCUT2D eigenvalue weighted by molar-refractivity contribution is 0.398. The van der Waals surface area contributed by atoms with Crippen LogP contribution >= 0.6 is 11.8 Å². The van der Waals surface area contributed by atoms with Crippen LogP contribution in [0.1, 0.15) is 19.2 Å². The summed E-state index contributed by atoms with van der Waals surface area (Å²) in [6, 6.07) is 0.170. The van der Waals surface area contributed by atoms with Crippen molar-refractivity contribution in [3.05, 3.63) is 5.82 Å². The van der Waals surface area contributed by atoms with Gasteiger partial charge in [0.15, 0.2) is 5.82 Å². The van der Waals surface area contributed by atoms with E-state index in [4.69, 9.17) is 10.3 Å². The number of anilines is 1. The van der Waals surface area contributed by atoms with Gasteiger partial charge in [-0.15, -0.1) is 0 Å². The van der Waals surface area contributed by atoms with Gasteiger partial charge in [0.25, 0.3) is 0 Å². The molecule has 1 unspecified atom stereocenters. The molecule has 2 rings (SSSR count). The van der Waals surface area contributed by atoms with Crippen LogP contribution < -0.4 is 5.73 Å². The van der Waals surface area contributed by atoms with Crippen molar-refractivity contribution in [1.82, 2.24) is 10.1 Å². The third kappa shape index (κ3) is 1.18. The maximum atomic E-state index is 5.36. The van der Waals surface area contributed by atoms with Gasteiger partial charge in [0, 0.05) is 11.2 Å². The fourth-order valence-electron chi connectivity index (χ4n) is 1.32. The molecule has 0 spiro atoms. The first-order chi connectivity index (χ1) is 5.71. The molecular weight excluding hydrogens is 174 g/mol. The minimum absolute atomic E-state index is 0.0752. The molecule has 1 aromatic rings. The van der Waals surface area contributed by atoms with Gasteiger partial charge < -0.3 is 10.3 Å². The Hall–Kier alpha value is -0.710. The molecular formula is C7H11N3OS. The van der Waals surface area contributed by atoms with Crippen LogP contribution in [0, 0.1) is 0 Å². The normalized spacial score (nSPS) is 29.4. The largest absolute Gasteiger partial charge is 0.351 e. The lowest BCUT2D eigenvalue weighted by Crippen LogP contribution is -2.22. The molecule has 0 aliphatic carbocycles. The molecule has 1 aliphatic heterocycles. The van der Waals surface area contributed by atoms with Crippen molar-refractivity contribution >= 4 is 17.8 Å². The predicted octanol–water partition coefficient (Wildman–Crippen LogP) is 1.05. The van der Waals surface area contributed by atoms with Crippen LogP contribution in [-0.2, 0) is 5.41 Å². The maximum absolute atomic E-state index is 5.36. The first-order valence-electron chi connectivity index (χ1n) is 3.88. The number of nitrogen functional groups attached to an aromatic ring is 1. The van der Waals surface area contributed by atoms with Crippen LogP contribution in [0.2, 0.25) is 0 Å². The van der Waals surface area contributed by atoms with Crippen LogP contribution in [0.3, 0.4) is 0 Å². The fourth-order valence-corrected chi connectivity index (χ4v) is 2.79. The van der Waals surface area contributed by atoms with E-state index < -0.39 is 0 Å². The van der Waals surface area contributed by atoms with E-state index in [0.717, 1.165) is 18.0 Å². The van der Waals surface area contributed by atoms with E-state index >= 15 is 0 Å². The molecule has 12 heavy (non-hydrogen) atoms. The quantitative estimate of drug-likeness (QED) is 0.708. The summed E-state index contributed by atoms with van der Waals surface area (Å²) in [5.74, 6) is 2.99. The van der Waals surface area contributed by atoms with Crippen molar-refractivity contribution in [2.75, 3.05) is 17.2 Å². The Morgan fingerprint density at radius 1 is 1.67 bits per heavy atom. The Morgan fingerprint density at radius 2 is 2.50 bits per heavy atom. The molecule has 5 heteroatoms. The van der Waals surface area contributed by atoms with E-state index in [-0.39, 0.29) is 11.4 Å². The smallest absolute Gasteiger partial charge is 0.318 e. The highest BCUT2D eigenvalue weighted by Gasteiger charge is 2.35. The van der Waals surface area contributed by atoms with Crippen LogP contribution in [-0.4, -0.2) is 21.6 Å². The standard InChI is InChI=1S/C7H11N3OS/c1-7(2-3-12-4-7)5-9-6(8)11-10-5/h2-4H2,1H3,(H2,8,9,10). The molecule has 0 amide bonds. The van der Waals surface area contributed by atoms with Crippen molar-refractivity contribution in [2.45, 2.75) is 18.8 Å². The minimum Gasteiger partial charge on any atom is -0.351 e. The van der Waals surface area contributed by atoms with Gasteiger partial charge in [-0.3, -0.25) is 0 Å². The van der Waals surface area contributed by atoms with Gasteiger partial charge in [0.05, 0.1) is 0 Å². The van der Waals surface area contributed by atoms with Gasteiger partial charge in [-0.1, -0.05) is 12.1 Å². The third-order valence-electron chi connectivity index (χ3n) is 2.20. The van der Waals surface area contributed by atoms with Crippen molar-refractivity contribution < 1.29 is 4.52 Å². The maximum Gasteiger partial charge on any atom is 0.318 e. The number of nitrogens with two attached hydrogens (primary N) is 1. The van der Waals surface area contributed by atoms with Crippen molar-refractivity contribution in [2.24, 2.45) is 0 Å². The van der Waals surface area contributed by atoms with Gasteiger partial charge in [0.1, 0.15) is 0 Å². The molecule has 1 fully saturated rings. The number of rotatable bonds is 1. The van der Waals surface area contributed by atoms with Gasteiger partial charge in [-0.25, -0.2) is 0 Å². The van der Waals surface area contributed by atoms with E-state index in [1.165, 1.54) is 5.75 Å². The van der Waals surface area contributed by atoms with Crippen LogP contribution in [0.15, 0.2) is 4.52 Å². The monoisotopic (exact) mass is 185 g/mol. The Balaban J connectivity index is 2.28. The number of hydrogen-bond donors (Lipinski definition) is 1. The van der Waals surface area contributed by atoms with E-state index in [1.54, 1.807) is 0 Å². The SMILES string of the molecule is CC1(c2noc(N)n2)CCSC1. The Morgan fingerprint density at radius 3 is 3.00 bits per heavy atom. The Kier molecular flexibility index (Phi) is 1.75. The minimum atomic E-state index is 0.0752. The van der Waals surface area contributed by atoms with Crippen molar-refractivity contribution in [3.8, 4) is 0 Å². The predicted molar refractivity (Wildman–Crippen MR) is 48.0 cm³/mol. The summed E-state index contributed by atoms with van der Waals surface area (Å²) in [6.45, 7) is 2.15. The summed E-state index contributed by atoms with van der Waals surface area (Å²) in [5, 5.41) is 3.85. The second kappa shape index (κ2) is 2.65. The van der Waals surface area contributed by atoms with E-state index in [9.17, 15) is 0 Å². The number of thioether (sulfide) groups is 1. The molecule has 2 heterocycles. The first-order valence-corrected chi connectivity index (χ1v) is 5.04. The molecule has 66 valence electrons. The highest BCUT2D eigenvalue weighted by atomic mass is 32.2. The molecule has 1 aromatic heterocycles. The highest BCUT2D eigenvalue weighted by Crippen LogP contribution is 2.37. The van der Waals surface area contributed by atoms with Gasteiger partial charge >= 0.3 is 6.01 Å². The molecule has 0 radical (unpaired) electrons. The zero-order valence-electron chi connectivity index (χ0n) is 6.91. The first kappa shape index (κ1) is 7.91. The number of nitrogens with zero attached hydrogens (tertiary/aromatic N) is 2. The van der Waals surface area contributed by atoms with E-state index in [1.807, 2.05) is 11.8 Å². The fraction of sp³-hybridized carbons (Fsp3) is 0.714. The Bertz CT molecular complexity index is 280. The summed E-state index contributed by atoms with van der Waals surface area (Å²) in [6.07, 6.45) is 1.11. The van der Waals surface area contributed by atoms with E-state index in [0.29, 0.717) is 0 Å². The van der Waals surface area contributed by atoms with E-state index in [2.05, 4.69) is 17.1 Å². The Labute approximate surface area is 74.9 Å².